The van der Waals surface area contributed by atoms with Crippen LogP contribution in [0.3, 0.4) is 0 Å². The van der Waals surface area contributed by atoms with Gasteiger partial charge >= 0.3 is 0 Å². The highest BCUT2D eigenvalue weighted by Gasteiger charge is 2.07. The topological polar surface area (TPSA) is 26.0 Å². The molecule has 0 fully saturated rings. The zero-order valence-corrected chi connectivity index (χ0v) is 7.43. The molecule has 1 rings (SSSR count). The lowest BCUT2D eigenvalue weighted by molar-refractivity contribution is 0.595. The molecule has 2 N–H and O–H groups in total. The summed E-state index contributed by atoms with van der Waals surface area (Å²) in [6.07, 6.45) is 7.88. The van der Waals surface area contributed by atoms with E-state index < -0.39 is 0 Å². The second kappa shape index (κ2) is 3.72. The van der Waals surface area contributed by atoms with Crippen molar-refractivity contribution in [1.82, 2.24) is 0 Å². The third-order valence-corrected chi connectivity index (χ3v) is 1.96. The van der Waals surface area contributed by atoms with Crippen LogP contribution in [0, 0.1) is 0 Å². The van der Waals surface area contributed by atoms with Gasteiger partial charge in [-0.15, -0.1) is 0 Å². The molecule has 0 radical (unpaired) electrons. The summed E-state index contributed by atoms with van der Waals surface area (Å²) in [6.45, 7) is 4.27. The first-order valence-electron chi connectivity index (χ1n) is 4.28. The van der Waals surface area contributed by atoms with E-state index in [1.165, 1.54) is 11.1 Å². The lowest BCUT2D eigenvalue weighted by Crippen LogP contribution is -2.21. The normalized spacial score (nSPS) is 24.3. The van der Waals surface area contributed by atoms with Crippen molar-refractivity contribution in [2.75, 3.05) is 0 Å². The Kier molecular flexibility index (Phi) is 2.89. The Morgan fingerprint density at radius 1 is 1.64 bits per heavy atom. The van der Waals surface area contributed by atoms with Gasteiger partial charge in [-0.25, -0.2) is 0 Å². The van der Waals surface area contributed by atoms with Gasteiger partial charge in [-0.1, -0.05) is 23.3 Å². The first-order chi connectivity index (χ1) is 5.18. The highest BCUT2D eigenvalue weighted by Crippen LogP contribution is 2.18. The molecule has 0 amide bonds. The highest BCUT2D eigenvalue weighted by molar-refractivity contribution is 5.23. The molecule has 1 atom stereocenters. The van der Waals surface area contributed by atoms with Gasteiger partial charge in [0, 0.05) is 6.04 Å². The fraction of sp³-hybridized carbons (Fsp3) is 0.600. The summed E-state index contributed by atoms with van der Waals surface area (Å²) in [5.74, 6) is 0. The Labute approximate surface area is 69.0 Å². The number of allylic oxidation sites excluding steroid dienone is 3. The molecule has 0 saturated carbocycles. The van der Waals surface area contributed by atoms with E-state index in [1.807, 2.05) is 0 Å². The van der Waals surface area contributed by atoms with Gasteiger partial charge in [0.25, 0.3) is 0 Å². The highest BCUT2D eigenvalue weighted by atomic mass is 14.6. The summed E-state index contributed by atoms with van der Waals surface area (Å²) in [5, 5.41) is 0. The molecule has 0 saturated heterocycles. The first kappa shape index (κ1) is 8.54. The summed E-state index contributed by atoms with van der Waals surface area (Å²) >= 11 is 0. The third kappa shape index (κ3) is 2.89. The minimum absolute atomic E-state index is 0.407. The first-order valence-corrected chi connectivity index (χ1v) is 4.28. The molecule has 0 aromatic heterocycles. The third-order valence-electron chi connectivity index (χ3n) is 1.96. The van der Waals surface area contributed by atoms with Gasteiger partial charge in [0.2, 0.25) is 0 Å². The maximum Gasteiger partial charge on any atom is 0.00767 e. The Hall–Kier alpha value is -0.560. The van der Waals surface area contributed by atoms with E-state index in [0.29, 0.717) is 6.04 Å². The van der Waals surface area contributed by atoms with Gasteiger partial charge in [0.15, 0.2) is 0 Å². The van der Waals surface area contributed by atoms with E-state index in [2.05, 4.69) is 26.0 Å². The van der Waals surface area contributed by atoms with Gasteiger partial charge in [-0.3, -0.25) is 0 Å². The van der Waals surface area contributed by atoms with Gasteiger partial charge in [0.1, 0.15) is 0 Å². The van der Waals surface area contributed by atoms with Crippen molar-refractivity contribution in [3.8, 4) is 0 Å². The average Bonchev–Trinajstić information content (AvgIpc) is 1.93. The molecule has 0 aromatic rings. The van der Waals surface area contributed by atoms with Crippen LogP contribution in [-0.4, -0.2) is 6.04 Å². The maximum absolute atomic E-state index is 5.76. The number of nitrogens with two attached hydrogens (primary N) is 1. The van der Waals surface area contributed by atoms with Crippen LogP contribution >= 0.6 is 0 Å². The number of hydrogen-bond donors (Lipinski definition) is 1. The van der Waals surface area contributed by atoms with Crippen molar-refractivity contribution in [2.24, 2.45) is 5.73 Å². The van der Waals surface area contributed by atoms with Gasteiger partial charge in [-0.2, -0.15) is 0 Å². The molecule has 0 aromatic carbocycles. The Morgan fingerprint density at radius 2 is 2.36 bits per heavy atom. The maximum atomic E-state index is 5.76. The molecule has 1 heteroatoms. The molecule has 0 bridgehead atoms. The van der Waals surface area contributed by atoms with Crippen molar-refractivity contribution in [3.05, 3.63) is 23.3 Å². The molecular weight excluding hydrogens is 134 g/mol. The Bertz CT molecular complexity index is 185. The molecular formula is C10H17N. The summed E-state index contributed by atoms with van der Waals surface area (Å²) in [6, 6.07) is 0.407. The van der Waals surface area contributed by atoms with Crippen molar-refractivity contribution in [1.29, 1.82) is 0 Å². The van der Waals surface area contributed by atoms with Crippen LogP contribution in [0.25, 0.3) is 0 Å². The predicted octanol–water partition coefficient (Wildman–Crippen LogP) is 2.39. The second-order valence-electron chi connectivity index (χ2n) is 3.54. The Morgan fingerprint density at radius 3 is 2.82 bits per heavy atom. The van der Waals surface area contributed by atoms with Crippen LogP contribution in [0.15, 0.2) is 23.3 Å². The molecule has 11 heavy (non-hydrogen) atoms. The summed E-state index contributed by atoms with van der Waals surface area (Å²) in [7, 11) is 0. The van der Waals surface area contributed by atoms with Crippen LogP contribution in [0.4, 0.5) is 0 Å². The van der Waals surface area contributed by atoms with Gasteiger partial charge in [0.05, 0.1) is 0 Å². The average molecular weight is 151 g/mol. The van der Waals surface area contributed by atoms with Crippen molar-refractivity contribution < 1.29 is 0 Å². The minimum atomic E-state index is 0.407. The fourth-order valence-electron chi connectivity index (χ4n) is 1.38. The van der Waals surface area contributed by atoms with Crippen LogP contribution in [0.1, 0.15) is 33.1 Å². The van der Waals surface area contributed by atoms with E-state index in [0.717, 1.165) is 19.3 Å². The van der Waals surface area contributed by atoms with E-state index in [-0.39, 0.29) is 0 Å². The predicted molar refractivity (Wildman–Crippen MR) is 49.3 cm³/mol. The number of rotatable bonds is 1. The van der Waals surface area contributed by atoms with Crippen LogP contribution in [0.5, 0.6) is 0 Å². The fourth-order valence-corrected chi connectivity index (χ4v) is 1.38. The summed E-state index contributed by atoms with van der Waals surface area (Å²) in [4.78, 5) is 0. The molecule has 0 spiro atoms. The Balaban J connectivity index is 2.55. The zero-order chi connectivity index (χ0) is 8.27. The summed E-state index contributed by atoms with van der Waals surface area (Å²) < 4.78 is 0. The van der Waals surface area contributed by atoms with Crippen LogP contribution in [-0.2, 0) is 0 Å². The van der Waals surface area contributed by atoms with E-state index in [1.54, 1.807) is 0 Å². The van der Waals surface area contributed by atoms with Crippen molar-refractivity contribution >= 4 is 0 Å². The minimum Gasteiger partial charge on any atom is -0.327 e. The smallest absolute Gasteiger partial charge is 0.00767 e. The van der Waals surface area contributed by atoms with Gasteiger partial charge < -0.3 is 5.73 Å². The van der Waals surface area contributed by atoms with E-state index in [4.69, 9.17) is 5.73 Å². The molecule has 1 aliphatic carbocycles. The monoisotopic (exact) mass is 151 g/mol. The molecule has 0 heterocycles. The lowest BCUT2D eigenvalue weighted by Gasteiger charge is -2.16. The van der Waals surface area contributed by atoms with Crippen LogP contribution < -0.4 is 5.73 Å². The standard InChI is InChI=1S/C10H17N/c1-8(2)7-9-3-5-10(11)6-4-9/h3,7,10H,4-6,11H2,1-2H3. The van der Waals surface area contributed by atoms with E-state index >= 15 is 0 Å². The molecule has 1 aliphatic rings. The van der Waals surface area contributed by atoms with Crippen LogP contribution in [0.2, 0.25) is 0 Å². The zero-order valence-electron chi connectivity index (χ0n) is 7.43. The molecule has 62 valence electrons. The van der Waals surface area contributed by atoms with E-state index in [9.17, 15) is 0 Å². The van der Waals surface area contributed by atoms with Crippen molar-refractivity contribution in [2.45, 2.75) is 39.2 Å². The lowest BCUT2D eigenvalue weighted by atomic mass is 9.95. The number of hydrogen-bond acceptors (Lipinski definition) is 1. The second-order valence-corrected chi connectivity index (χ2v) is 3.54. The van der Waals surface area contributed by atoms with Crippen molar-refractivity contribution in [3.63, 3.8) is 0 Å². The largest absolute Gasteiger partial charge is 0.327 e. The molecule has 1 nitrogen and oxygen atoms in total. The molecule has 1 unspecified atom stereocenters. The SMILES string of the molecule is CC(C)=CC1=CCC(N)CC1. The van der Waals surface area contributed by atoms with Gasteiger partial charge in [-0.05, 0) is 33.1 Å². The quantitative estimate of drug-likeness (QED) is 0.612. The summed E-state index contributed by atoms with van der Waals surface area (Å²) in [5.41, 5.74) is 8.61. The molecule has 0 aliphatic heterocycles.